The number of hydrogen-bond acceptors (Lipinski definition) is 1. The Labute approximate surface area is 168 Å². The first-order valence-electron chi connectivity index (χ1n) is 10.2. The summed E-state index contributed by atoms with van der Waals surface area (Å²) in [5.41, 5.74) is 10.9. The molecule has 1 nitrogen and oxygen atoms in total. The monoisotopic (exact) mass is 368 g/mol. The van der Waals surface area contributed by atoms with Crippen molar-refractivity contribution >= 4 is 5.57 Å². The molecule has 0 spiro atoms. The SMILES string of the molecule is CCOCCC1=C(c2ccc(C)cc2)c2ccc(C)cc2C1c1ccccc1. The normalized spacial score (nSPS) is 15.8. The number of aryl methyl sites for hydroxylation is 2. The van der Waals surface area contributed by atoms with Gasteiger partial charge < -0.3 is 4.74 Å². The molecule has 0 radical (unpaired) electrons. The zero-order valence-electron chi connectivity index (χ0n) is 17.0. The molecule has 4 rings (SSSR count). The zero-order valence-corrected chi connectivity index (χ0v) is 17.0. The molecule has 0 amide bonds. The van der Waals surface area contributed by atoms with Gasteiger partial charge >= 0.3 is 0 Å². The van der Waals surface area contributed by atoms with E-state index in [-0.39, 0.29) is 0 Å². The lowest BCUT2D eigenvalue weighted by Gasteiger charge is -2.18. The van der Waals surface area contributed by atoms with Crippen LogP contribution in [0.15, 0.2) is 78.4 Å². The van der Waals surface area contributed by atoms with Crippen molar-refractivity contribution in [1.82, 2.24) is 0 Å². The standard InChI is InChI=1S/C27H28O/c1-4-28-17-16-24-26(22-13-10-19(2)11-14-22)23-15-12-20(3)18-25(23)27(24)21-8-6-5-7-9-21/h5-15,18,27H,4,16-17H2,1-3H3. The molecule has 0 aromatic heterocycles. The van der Waals surface area contributed by atoms with E-state index in [1.165, 1.54) is 44.5 Å². The first kappa shape index (κ1) is 18.7. The average Bonchev–Trinajstić information content (AvgIpc) is 3.02. The van der Waals surface area contributed by atoms with Crippen molar-refractivity contribution in [3.8, 4) is 0 Å². The van der Waals surface area contributed by atoms with Crippen LogP contribution in [-0.4, -0.2) is 13.2 Å². The molecule has 0 bridgehead atoms. The Bertz CT molecular complexity index is 981. The second-order valence-electron chi connectivity index (χ2n) is 7.65. The van der Waals surface area contributed by atoms with Crippen molar-refractivity contribution in [3.05, 3.63) is 112 Å². The largest absolute Gasteiger partial charge is 0.381 e. The van der Waals surface area contributed by atoms with E-state index >= 15 is 0 Å². The predicted molar refractivity (Wildman–Crippen MR) is 118 cm³/mol. The predicted octanol–water partition coefficient (Wildman–Crippen LogP) is 6.68. The van der Waals surface area contributed by atoms with Crippen molar-refractivity contribution in [2.75, 3.05) is 13.2 Å². The second-order valence-corrected chi connectivity index (χ2v) is 7.65. The van der Waals surface area contributed by atoms with Crippen LogP contribution >= 0.6 is 0 Å². The number of ether oxygens (including phenoxy) is 1. The van der Waals surface area contributed by atoms with Crippen LogP contribution in [0.1, 0.15) is 52.6 Å². The molecule has 0 N–H and O–H groups in total. The summed E-state index contributed by atoms with van der Waals surface area (Å²) in [6, 6.07) is 26.8. The molecule has 142 valence electrons. The van der Waals surface area contributed by atoms with E-state index in [9.17, 15) is 0 Å². The molecule has 0 saturated carbocycles. The van der Waals surface area contributed by atoms with Crippen molar-refractivity contribution in [2.45, 2.75) is 33.1 Å². The Morgan fingerprint density at radius 1 is 0.821 bits per heavy atom. The van der Waals surface area contributed by atoms with Gasteiger partial charge in [-0.25, -0.2) is 0 Å². The maximum Gasteiger partial charge on any atom is 0.0503 e. The van der Waals surface area contributed by atoms with Crippen LogP contribution < -0.4 is 0 Å². The fourth-order valence-corrected chi connectivity index (χ4v) is 4.34. The van der Waals surface area contributed by atoms with Gasteiger partial charge in [-0.3, -0.25) is 0 Å². The highest BCUT2D eigenvalue weighted by molar-refractivity contribution is 5.90. The van der Waals surface area contributed by atoms with Crippen LogP contribution in [0.3, 0.4) is 0 Å². The van der Waals surface area contributed by atoms with Crippen molar-refractivity contribution in [3.63, 3.8) is 0 Å². The summed E-state index contributed by atoms with van der Waals surface area (Å²) < 4.78 is 5.77. The summed E-state index contributed by atoms with van der Waals surface area (Å²) in [6.45, 7) is 7.92. The van der Waals surface area contributed by atoms with Gasteiger partial charge in [0, 0.05) is 12.5 Å². The molecule has 3 aromatic rings. The Morgan fingerprint density at radius 3 is 2.25 bits per heavy atom. The first-order chi connectivity index (χ1) is 13.7. The van der Waals surface area contributed by atoms with Crippen molar-refractivity contribution in [2.24, 2.45) is 0 Å². The van der Waals surface area contributed by atoms with Gasteiger partial charge in [0.1, 0.15) is 0 Å². The lowest BCUT2D eigenvalue weighted by Crippen LogP contribution is -2.05. The number of rotatable bonds is 6. The van der Waals surface area contributed by atoms with Crippen molar-refractivity contribution < 1.29 is 4.74 Å². The van der Waals surface area contributed by atoms with Crippen LogP contribution in [0, 0.1) is 13.8 Å². The summed E-state index contributed by atoms with van der Waals surface area (Å²) in [4.78, 5) is 0. The van der Waals surface area contributed by atoms with Crippen LogP contribution in [-0.2, 0) is 4.74 Å². The third kappa shape index (κ3) is 3.55. The van der Waals surface area contributed by atoms with Gasteiger partial charge in [-0.05, 0) is 60.6 Å². The van der Waals surface area contributed by atoms with Gasteiger partial charge in [-0.15, -0.1) is 0 Å². The highest BCUT2D eigenvalue weighted by Crippen LogP contribution is 2.49. The summed E-state index contributed by atoms with van der Waals surface area (Å²) in [5, 5.41) is 0. The maximum atomic E-state index is 5.77. The minimum atomic E-state index is 0.299. The van der Waals surface area contributed by atoms with Gasteiger partial charge in [-0.1, -0.05) is 83.9 Å². The fraction of sp³-hybridized carbons (Fsp3) is 0.259. The van der Waals surface area contributed by atoms with Crippen LogP contribution in [0.4, 0.5) is 0 Å². The molecule has 1 atom stereocenters. The van der Waals surface area contributed by atoms with E-state index in [2.05, 4.69) is 93.6 Å². The molecule has 28 heavy (non-hydrogen) atoms. The Morgan fingerprint density at radius 2 is 1.54 bits per heavy atom. The van der Waals surface area contributed by atoms with E-state index < -0.39 is 0 Å². The number of fused-ring (bicyclic) bond motifs is 1. The molecule has 0 heterocycles. The molecule has 0 fully saturated rings. The van der Waals surface area contributed by atoms with Gasteiger partial charge in [0.25, 0.3) is 0 Å². The summed E-state index contributed by atoms with van der Waals surface area (Å²) >= 11 is 0. The summed E-state index contributed by atoms with van der Waals surface area (Å²) in [7, 11) is 0. The zero-order chi connectivity index (χ0) is 19.5. The smallest absolute Gasteiger partial charge is 0.0503 e. The fourth-order valence-electron chi connectivity index (χ4n) is 4.34. The average molecular weight is 369 g/mol. The Kier molecular flexibility index (Phi) is 5.45. The summed E-state index contributed by atoms with van der Waals surface area (Å²) in [5.74, 6) is 0.299. The molecule has 0 aliphatic heterocycles. The van der Waals surface area contributed by atoms with E-state index in [1.807, 2.05) is 0 Å². The lowest BCUT2D eigenvalue weighted by atomic mass is 9.86. The molecule has 1 heteroatoms. The van der Waals surface area contributed by atoms with E-state index in [0.29, 0.717) is 5.92 Å². The molecule has 1 unspecified atom stereocenters. The summed E-state index contributed by atoms with van der Waals surface area (Å²) in [6.07, 6.45) is 0.949. The lowest BCUT2D eigenvalue weighted by molar-refractivity contribution is 0.150. The van der Waals surface area contributed by atoms with E-state index in [0.717, 1.165) is 19.6 Å². The number of hydrogen-bond donors (Lipinski definition) is 0. The highest BCUT2D eigenvalue weighted by atomic mass is 16.5. The molecular weight excluding hydrogens is 340 g/mol. The van der Waals surface area contributed by atoms with Crippen molar-refractivity contribution in [1.29, 1.82) is 0 Å². The van der Waals surface area contributed by atoms with E-state index in [4.69, 9.17) is 4.74 Å². The number of benzene rings is 3. The van der Waals surface area contributed by atoms with Gasteiger partial charge in [0.2, 0.25) is 0 Å². The molecule has 1 aliphatic rings. The maximum absolute atomic E-state index is 5.77. The van der Waals surface area contributed by atoms with Gasteiger partial charge in [0.15, 0.2) is 0 Å². The first-order valence-corrected chi connectivity index (χ1v) is 10.2. The minimum absolute atomic E-state index is 0.299. The van der Waals surface area contributed by atoms with Crippen LogP contribution in [0.5, 0.6) is 0 Å². The Balaban J connectivity index is 1.92. The topological polar surface area (TPSA) is 9.23 Å². The molecule has 0 saturated heterocycles. The molecule has 1 aliphatic carbocycles. The third-order valence-corrected chi connectivity index (χ3v) is 5.65. The Hall–Kier alpha value is -2.64. The molecule has 3 aromatic carbocycles. The van der Waals surface area contributed by atoms with Gasteiger partial charge in [0.05, 0.1) is 6.61 Å². The minimum Gasteiger partial charge on any atom is -0.381 e. The van der Waals surface area contributed by atoms with E-state index in [1.54, 1.807) is 0 Å². The highest BCUT2D eigenvalue weighted by Gasteiger charge is 2.32. The third-order valence-electron chi connectivity index (χ3n) is 5.65. The van der Waals surface area contributed by atoms with Crippen LogP contribution in [0.25, 0.3) is 5.57 Å². The molecular formula is C27H28O. The quantitative estimate of drug-likeness (QED) is 0.441. The second kappa shape index (κ2) is 8.16. The van der Waals surface area contributed by atoms with Crippen LogP contribution in [0.2, 0.25) is 0 Å². The van der Waals surface area contributed by atoms with Gasteiger partial charge in [-0.2, -0.15) is 0 Å².